The van der Waals surface area contributed by atoms with E-state index in [2.05, 4.69) is 4.98 Å². The second-order valence-electron chi connectivity index (χ2n) is 5.82. The quantitative estimate of drug-likeness (QED) is 0.635. The number of ether oxygens (including phenoxy) is 1. The summed E-state index contributed by atoms with van der Waals surface area (Å²) in [6.07, 6.45) is 1.35. The predicted molar refractivity (Wildman–Crippen MR) is 68.7 cm³/mol. The van der Waals surface area contributed by atoms with Gasteiger partial charge in [-0.25, -0.2) is 13.8 Å². The monoisotopic (exact) mass is 301 g/mol. The van der Waals surface area contributed by atoms with Gasteiger partial charge in [0.05, 0.1) is 12.5 Å². The van der Waals surface area contributed by atoms with E-state index >= 15 is 0 Å². The first-order chi connectivity index (χ1) is 9.34. The van der Waals surface area contributed by atoms with Crippen LogP contribution in [0.1, 0.15) is 30.9 Å². The molecule has 0 N–H and O–H groups in total. The van der Waals surface area contributed by atoms with Gasteiger partial charge in [-0.1, -0.05) is 25.4 Å². The number of hydrogen-bond acceptors (Lipinski definition) is 3. The van der Waals surface area contributed by atoms with Crippen LogP contribution in [0.15, 0.2) is 12.3 Å². The first kappa shape index (κ1) is 13.7. The minimum absolute atomic E-state index is 0.0451. The summed E-state index contributed by atoms with van der Waals surface area (Å²) >= 11 is 5.66. The molecule has 0 aromatic carbocycles. The summed E-state index contributed by atoms with van der Waals surface area (Å²) in [6, 6.07) is 1.19. The molecule has 1 fully saturated rings. The Morgan fingerprint density at radius 3 is 2.90 bits per heavy atom. The Balaban J connectivity index is 1.83. The van der Waals surface area contributed by atoms with Gasteiger partial charge in [0.2, 0.25) is 0 Å². The average Bonchev–Trinajstić information content (AvgIpc) is 3.07. The van der Waals surface area contributed by atoms with E-state index in [4.69, 9.17) is 16.3 Å². The zero-order valence-corrected chi connectivity index (χ0v) is 11.8. The van der Waals surface area contributed by atoms with Gasteiger partial charge in [-0.05, 0) is 17.5 Å². The molecule has 20 heavy (non-hydrogen) atoms. The lowest BCUT2D eigenvalue weighted by Crippen LogP contribution is -2.21. The number of halogens is 3. The van der Waals surface area contributed by atoms with E-state index in [-0.39, 0.29) is 23.2 Å². The topological polar surface area (TPSA) is 39.2 Å². The van der Waals surface area contributed by atoms with Gasteiger partial charge >= 0.3 is 5.97 Å². The Hall–Kier alpha value is -1.23. The van der Waals surface area contributed by atoms with E-state index in [0.29, 0.717) is 5.56 Å². The van der Waals surface area contributed by atoms with E-state index in [1.807, 2.05) is 13.8 Å². The molecule has 3 atom stereocenters. The molecule has 2 aliphatic rings. The second kappa shape index (κ2) is 4.38. The summed E-state index contributed by atoms with van der Waals surface area (Å²) in [6.45, 7) is 4.06. The summed E-state index contributed by atoms with van der Waals surface area (Å²) < 4.78 is 33.6. The van der Waals surface area contributed by atoms with Gasteiger partial charge < -0.3 is 4.74 Å². The molecule has 1 aromatic rings. The first-order valence-corrected chi connectivity index (χ1v) is 6.92. The molecule has 108 valence electrons. The Morgan fingerprint density at radius 1 is 1.55 bits per heavy atom. The Bertz CT molecular complexity index is 576. The molecule has 1 saturated carbocycles. The van der Waals surface area contributed by atoms with Crippen molar-refractivity contribution in [1.29, 1.82) is 0 Å². The van der Waals surface area contributed by atoms with Crippen LogP contribution in [0.25, 0.3) is 0 Å². The molecule has 0 amide bonds. The van der Waals surface area contributed by atoms with Gasteiger partial charge in [0.15, 0.2) is 0 Å². The molecule has 6 heteroatoms. The highest BCUT2D eigenvalue weighted by molar-refractivity contribution is 6.29. The Labute approximate surface area is 120 Å². The van der Waals surface area contributed by atoms with Crippen molar-refractivity contribution in [3.8, 4) is 0 Å². The third kappa shape index (κ3) is 1.91. The second-order valence-corrected chi connectivity index (χ2v) is 6.21. The molecule has 0 aliphatic heterocycles. The third-order valence-corrected chi connectivity index (χ3v) is 4.10. The fourth-order valence-corrected chi connectivity index (χ4v) is 3.12. The molecular formula is C14H14ClF2NO2. The fraction of sp³-hybridized carbons (Fsp3) is 0.571. The van der Waals surface area contributed by atoms with Gasteiger partial charge in [-0.3, -0.25) is 4.79 Å². The molecule has 1 heterocycles. The third-order valence-electron chi connectivity index (χ3n) is 3.89. The number of pyridine rings is 1. The Kier molecular flexibility index (Phi) is 3.01. The number of hydrogen-bond donors (Lipinski definition) is 0. The minimum atomic E-state index is -3.03. The Morgan fingerprint density at radius 2 is 2.25 bits per heavy atom. The number of fused-ring (bicyclic) bond motifs is 3. The van der Waals surface area contributed by atoms with Crippen molar-refractivity contribution in [3.05, 3.63) is 28.5 Å². The normalized spacial score (nSPS) is 29.0. The first-order valence-electron chi connectivity index (χ1n) is 6.54. The van der Waals surface area contributed by atoms with E-state index in [1.165, 1.54) is 12.3 Å². The maximum absolute atomic E-state index is 14.3. The van der Waals surface area contributed by atoms with Gasteiger partial charge in [0, 0.05) is 23.6 Å². The van der Waals surface area contributed by atoms with Crippen molar-refractivity contribution in [2.45, 2.75) is 25.7 Å². The lowest BCUT2D eigenvalue weighted by atomic mass is 10.0. The zero-order chi connectivity index (χ0) is 14.7. The van der Waals surface area contributed by atoms with Gasteiger partial charge in [0.1, 0.15) is 5.15 Å². The highest BCUT2D eigenvalue weighted by atomic mass is 35.5. The van der Waals surface area contributed by atoms with Crippen molar-refractivity contribution in [1.82, 2.24) is 4.98 Å². The average molecular weight is 302 g/mol. The lowest BCUT2D eigenvalue weighted by Gasteiger charge is -2.16. The summed E-state index contributed by atoms with van der Waals surface area (Å²) in [5.41, 5.74) is 0.330. The number of rotatable bonds is 3. The van der Waals surface area contributed by atoms with Crippen LogP contribution in [0.3, 0.4) is 0 Å². The number of alkyl halides is 2. The van der Waals surface area contributed by atoms with E-state index in [0.717, 1.165) is 0 Å². The van der Waals surface area contributed by atoms with Crippen LogP contribution in [0.2, 0.25) is 5.15 Å². The molecular weight excluding hydrogens is 288 g/mol. The van der Waals surface area contributed by atoms with Crippen LogP contribution in [-0.4, -0.2) is 17.6 Å². The molecule has 0 radical (unpaired) electrons. The lowest BCUT2D eigenvalue weighted by molar-refractivity contribution is -0.148. The molecule has 3 rings (SSSR count). The maximum atomic E-state index is 14.3. The van der Waals surface area contributed by atoms with Crippen LogP contribution >= 0.6 is 11.6 Å². The molecule has 0 saturated heterocycles. The summed E-state index contributed by atoms with van der Waals surface area (Å²) in [4.78, 5) is 15.7. The standard InChI is InChI=1S/C14H14ClF2NO2/c1-6(2)5-20-13(19)11-10-7-4-18-9(15)3-8(7)14(16,17)12(10)11/h3-4,6,10-12H,5H2,1-2H3. The van der Waals surface area contributed by atoms with Crippen molar-refractivity contribution >= 4 is 17.6 Å². The maximum Gasteiger partial charge on any atom is 0.310 e. The van der Waals surface area contributed by atoms with Crippen molar-refractivity contribution < 1.29 is 18.3 Å². The van der Waals surface area contributed by atoms with Crippen LogP contribution in [0.5, 0.6) is 0 Å². The van der Waals surface area contributed by atoms with E-state index < -0.39 is 29.6 Å². The molecule has 0 bridgehead atoms. The number of carbonyl (C=O) groups is 1. The van der Waals surface area contributed by atoms with Gasteiger partial charge in [-0.2, -0.15) is 0 Å². The number of nitrogens with zero attached hydrogens (tertiary/aromatic N) is 1. The summed E-state index contributed by atoms with van der Waals surface area (Å²) in [5, 5.41) is 0.0451. The molecule has 3 unspecified atom stereocenters. The largest absolute Gasteiger partial charge is 0.465 e. The van der Waals surface area contributed by atoms with Crippen molar-refractivity contribution in [3.63, 3.8) is 0 Å². The molecule has 1 aromatic heterocycles. The van der Waals surface area contributed by atoms with Gasteiger partial charge in [-0.15, -0.1) is 0 Å². The summed E-state index contributed by atoms with van der Waals surface area (Å²) in [7, 11) is 0. The summed E-state index contributed by atoms with van der Waals surface area (Å²) in [5.74, 6) is -5.62. The smallest absolute Gasteiger partial charge is 0.310 e. The number of aromatic nitrogens is 1. The molecule has 2 aliphatic carbocycles. The van der Waals surface area contributed by atoms with Crippen LogP contribution in [0, 0.1) is 17.8 Å². The fourth-order valence-electron chi connectivity index (χ4n) is 2.96. The van der Waals surface area contributed by atoms with Crippen LogP contribution < -0.4 is 0 Å². The predicted octanol–water partition coefficient (Wildman–Crippen LogP) is 3.37. The number of carbonyl (C=O) groups excluding carboxylic acids is 1. The highest BCUT2D eigenvalue weighted by Gasteiger charge is 2.73. The van der Waals surface area contributed by atoms with E-state index in [1.54, 1.807) is 0 Å². The van der Waals surface area contributed by atoms with Crippen LogP contribution in [-0.2, 0) is 15.5 Å². The van der Waals surface area contributed by atoms with Crippen molar-refractivity contribution in [2.24, 2.45) is 17.8 Å². The van der Waals surface area contributed by atoms with Crippen LogP contribution in [0.4, 0.5) is 8.78 Å². The highest BCUT2D eigenvalue weighted by Crippen LogP contribution is 2.70. The molecule has 0 spiro atoms. The van der Waals surface area contributed by atoms with Crippen molar-refractivity contribution in [2.75, 3.05) is 6.61 Å². The SMILES string of the molecule is CC(C)COC(=O)C1C2c3cnc(Cl)cc3C(F)(F)C12. The number of esters is 1. The zero-order valence-electron chi connectivity index (χ0n) is 11.1. The minimum Gasteiger partial charge on any atom is -0.465 e. The molecule has 3 nitrogen and oxygen atoms in total. The van der Waals surface area contributed by atoms with E-state index in [9.17, 15) is 13.6 Å². The van der Waals surface area contributed by atoms with Gasteiger partial charge in [0.25, 0.3) is 5.92 Å².